The molecular formula is C56H37NO. The first-order chi connectivity index (χ1) is 28.7. The van der Waals surface area contributed by atoms with Crippen molar-refractivity contribution >= 4 is 60.3 Å². The minimum atomic E-state index is 0.879. The SMILES string of the molecule is c1ccc(-c2ccc(N(c3ccc(-c4ccc5c(ccc6ccccc65)c4)cc3)c3ccc4cc(-c5cccc(-c6cc7ccccc7o6)c5)ccc4c3)cc2)cc1. The summed E-state index contributed by atoms with van der Waals surface area (Å²) in [7, 11) is 0. The first-order valence-electron chi connectivity index (χ1n) is 19.8. The Morgan fingerprint density at radius 1 is 0.259 bits per heavy atom. The van der Waals surface area contributed by atoms with Gasteiger partial charge < -0.3 is 9.32 Å². The molecule has 0 amide bonds. The fraction of sp³-hybridized carbons (Fsp3) is 0. The third-order valence-electron chi connectivity index (χ3n) is 11.4. The smallest absolute Gasteiger partial charge is 0.135 e. The number of anilines is 3. The molecule has 0 saturated heterocycles. The lowest BCUT2D eigenvalue weighted by Gasteiger charge is -2.26. The van der Waals surface area contributed by atoms with E-state index in [4.69, 9.17) is 4.42 Å². The van der Waals surface area contributed by atoms with Crippen molar-refractivity contribution in [2.75, 3.05) is 4.90 Å². The van der Waals surface area contributed by atoms with Crippen molar-refractivity contribution in [3.8, 4) is 44.7 Å². The summed E-state index contributed by atoms with van der Waals surface area (Å²) in [6.07, 6.45) is 0. The van der Waals surface area contributed by atoms with Gasteiger partial charge in [0.15, 0.2) is 0 Å². The molecule has 11 aromatic rings. The predicted molar refractivity (Wildman–Crippen MR) is 245 cm³/mol. The van der Waals surface area contributed by atoms with Crippen LogP contribution in [-0.2, 0) is 0 Å². The molecule has 0 unspecified atom stereocenters. The van der Waals surface area contributed by atoms with E-state index in [0.29, 0.717) is 0 Å². The molecule has 0 fully saturated rings. The average Bonchev–Trinajstić information content (AvgIpc) is 3.74. The van der Waals surface area contributed by atoms with Gasteiger partial charge in [0, 0.05) is 28.0 Å². The Morgan fingerprint density at radius 2 is 0.759 bits per heavy atom. The fourth-order valence-corrected chi connectivity index (χ4v) is 8.40. The zero-order valence-corrected chi connectivity index (χ0v) is 31.7. The van der Waals surface area contributed by atoms with Crippen molar-refractivity contribution in [1.82, 2.24) is 0 Å². The normalized spacial score (nSPS) is 11.4. The fourth-order valence-electron chi connectivity index (χ4n) is 8.40. The first-order valence-corrected chi connectivity index (χ1v) is 19.8. The lowest BCUT2D eigenvalue weighted by molar-refractivity contribution is 0.631. The Labute approximate surface area is 337 Å². The first kappa shape index (κ1) is 33.6. The number of fused-ring (bicyclic) bond motifs is 5. The quantitative estimate of drug-likeness (QED) is 0.151. The number of hydrogen-bond donors (Lipinski definition) is 0. The van der Waals surface area contributed by atoms with Crippen LogP contribution < -0.4 is 4.90 Å². The van der Waals surface area contributed by atoms with Gasteiger partial charge in [0.2, 0.25) is 0 Å². The highest BCUT2D eigenvalue weighted by Gasteiger charge is 2.15. The van der Waals surface area contributed by atoms with Crippen molar-refractivity contribution in [2.24, 2.45) is 0 Å². The minimum Gasteiger partial charge on any atom is -0.456 e. The molecule has 10 aromatic carbocycles. The van der Waals surface area contributed by atoms with Crippen LogP contribution in [0.25, 0.3) is 88.0 Å². The van der Waals surface area contributed by atoms with Crippen molar-refractivity contribution in [1.29, 1.82) is 0 Å². The van der Waals surface area contributed by atoms with E-state index in [1.54, 1.807) is 0 Å². The molecule has 0 saturated carbocycles. The molecule has 2 nitrogen and oxygen atoms in total. The highest BCUT2D eigenvalue weighted by molar-refractivity contribution is 6.08. The highest BCUT2D eigenvalue weighted by Crippen LogP contribution is 2.40. The molecule has 11 rings (SSSR count). The molecule has 58 heavy (non-hydrogen) atoms. The van der Waals surface area contributed by atoms with E-state index in [2.05, 4.69) is 211 Å². The molecule has 1 heterocycles. The van der Waals surface area contributed by atoms with Crippen LogP contribution in [0.15, 0.2) is 229 Å². The van der Waals surface area contributed by atoms with E-state index in [1.807, 2.05) is 18.2 Å². The molecule has 0 radical (unpaired) electrons. The Hall–Kier alpha value is -7.68. The van der Waals surface area contributed by atoms with E-state index in [9.17, 15) is 0 Å². The Bertz CT molecular complexity index is 3240. The van der Waals surface area contributed by atoms with Gasteiger partial charge in [-0.3, -0.25) is 0 Å². The molecule has 272 valence electrons. The van der Waals surface area contributed by atoms with Gasteiger partial charge in [-0.2, -0.15) is 0 Å². The molecule has 0 N–H and O–H groups in total. The third-order valence-corrected chi connectivity index (χ3v) is 11.4. The van der Waals surface area contributed by atoms with Crippen LogP contribution in [-0.4, -0.2) is 0 Å². The summed E-state index contributed by atoms with van der Waals surface area (Å²) in [5.74, 6) is 0.879. The van der Waals surface area contributed by atoms with Crippen LogP contribution in [0.1, 0.15) is 0 Å². The number of furan rings is 1. The minimum absolute atomic E-state index is 0.879. The van der Waals surface area contributed by atoms with E-state index in [0.717, 1.165) is 44.9 Å². The van der Waals surface area contributed by atoms with Crippen LogP contribution in [0, 0.1) is 0 Å². The molecule has 0 spiro atoms. The van der Waals surface area contributed by atoms with Crippen molar-refractivity contribution in [3.05, 3.63) is 224 Å². The van der Waals surface area contributed by atoms with Crippen molar-refractivity contribution in [3.63, 3.8) is 0 Å². The van der Waals surface area contributed by atoms with Crippen molar-refractivity contribution in [2.45, 2.75) is 0 Å². The zero-order chi connectivity index (χ0) is 38.4. The van der Waals surface area contributed by atoms with Gasteiger partial charge in [0.05, 0.1) is 0 Å². The summed E-state index contributed by atoms with van der Waals surface area (Å²) in [6, 6.07) is 80.8. The van der Waals surface area contributed by atoms with E-state index in [1.165, 1.54) is 60.1 Å². The summed E-state index contributed by atoms with van der Waals surface area (Å²) in [5.41, 5.74) is 12.4. The summed E-state index contributed by atoms with van der Waals surface area (Å²) >= 11 is 0. The topological polar surface area (TPSA) is 16.4 Å². The molecule has 0 bridgehead atoms. The molecule has 2 heteroatoms. The number of rotatable bonds is 7. The largest absolute Gasteiger partial charge is 0.456 e. The van der Waals surface area contributed by atoms with Crippen LogP contribution >= 0.6 is 0 Å². The van der Waals surface area contributed by atoms with Crippen LogP contribution in [0.4, 0.5) is 17.1 Å². The van der Waals surface area contributed by atoms with Crippen LogP contribution in [0.5, 0.6) is 0 Å². The van der Waals surface area contributed by atoms with Gasteiger partial charge in [-0.15, -0.1) is 0 Å². The molecular weight excluding hydrogens is 703 g/mol. The second-order valence-electron chi connectivity index (χ2n) is 15.0. The van der Waals surface area contributed by atoms with Gasteiger partial charge >= 0.3 is 0 Å². The van der Waals surface area contributed by atoms with Crippen molar-refractivity contribution < 1.29 is 4.42 Å². The summed E-state index contributed by atoms with van der Waals surface area (Å²) in [4.78, 5) is 2.36. The maximum absolute atomic E-state index is 6.21. The van der Waals surface area contributed by atoms with E-state index >= 15 is 0 Å². The monoisotopic (exact) mass is 739 g/mol. The Kier molecular flexibility index (Phi) is 8.19. The molecule has 0 aliphatic rings. The maximum Gasteiger partial charge on any atom is 0.135 e. The average molecular weight is 740 g/mol. The third kappa shape index (κ3) is 6.18. The molecule has 1 aromatic heterocycles. The molecule has 0 atom stereocenters. The van der Waals surface area contributed by atoms with Crippen LogP contribution in [0.2, 0.25) is 0 Å². The van der Waals surface area contributed by atoms with E-state index < -0.39 is 0 Å². The Morgan fingerprint density at radius 3 is 1.57 bits per heavy atom. The summed E-state index contributed by atoms with van der Waals surface area (Å²) in [6.45, 7) is 0. The zero-order valence-electron chi connectivity index (χ0n) is 31.7. The number of benzene rings is 10. The predicted octanol–water partition coefficient (Wildman–Crippen LogP) is 16.0. The Balaban J connectivity index is 0.947. The standard InChI is InChI=1S/C56H37NO/c1-2-9-38(10-3-1)39-21-27-50(28-22-39)57(51-29-23-40(24-30-51)43-26-32-54-47(34-43)20-17-41-11-4-6-15-53(41)54)52-31-25-45-33-44(18-19-46(45)36-52)42-13-8-14-48(35-42)56-37-49-12-5-7-16-55(49)58-56/h1-37H. The lowest BCUT2D eigenvalue weighted by atomic mass is 9.97. The number of para-hydroxylation sites is 1. The van der Waals surface area contributed by atoms with Gasteiger partial charge in [-0.1, -0.05) is 158 Å². The van der Waals surface area contributed by atoms with E-state index in [-0.39, 0.29) is 0 Å². The number of nitrogens with zero attached hydrogens (tertiary/aromatic N) is 1. The second kappa shape index (κ2) is 14.1. The van der Waals surface area contributed by atoms with Crippen LogP contribution in [0.3, 0.4) is 0 Å². The number of hydrogen-bond acceptors (Lipinski definition) is 2. The highest BCUT2D eigenvalue weighted by atomic mass is 16.3. The molecule has 0 aliphatic heterocycles. The van der Waals surface area contributed by atoms with Gasteiger partial charge in [0.1, 0.15) is 11.3 Å². The maximum atomic E-state index is 6.21. The lowest BCUT2D eigenvalue weighted by Crippen LogP contribution is -2.09. The summed E-state index contributed by atoms with van der Waals surface area (Å²) < 4.78 is 6.21. The van der Waals surface area contributed by atoms with Gasteiger partial charge in [0.25, 0.3) is 0 Å². The molecule has 0 aliphatic carbocycles. The summed E-state index contributed by atoms with van der Waals surface area (Å²) in [5, 5.41) is 8.57. The second-order valence-corrected chi connectivity index (χ2v) is 15.0. The van der Waals surface area contributed by atoms with Gasteiger partial charge in [-0.25, -0.2) is 0 Å². The van der Waals surface area contributed by atoms with Gasteiger partial charge in [-0.05, 0) is 132 Å².